The third kappa shape index (κ3) is 4.72. The first kappa shape index (κ1) is 21.6. The van der Waals surface area contributed by atoms with Crippen LogP contribution in [0.2, 0.25) is 0 Å². The minimum atomic E-state index is -0.672. The normalized spacial score (nSPS) is 18.7. The molecule has 1 aromatic carbocycles. The van der Waals surface area contributed by atoms with E-state index in [2.05, 4.69) is 5.32 Å². The first-order valence-corrected chi connectivity index (χ1v) is 9.90. The maximum atomic E-state index is 12.8. The Morgan fingerprint density at radius 1 is 1.27 bits per heavy atom. The van der Waals surface area contributed by atoms with Crippen LogP contribution in [-0.4, -0.2) is 65.5 Å². The van der Waals surface area contributed by atoms with Crippen LogP contribution in [0.4, 0.5) is 4.79 Å². The van der Waals surface area contributed by atoms with Crippen molar-refractivity contribution in [2.45, 2.75) is 51.8 Å². The molecule has 1 aromatic rings. The van der Waals surface area contributed by atoms with Gasteiger partial charge in [-0.1, -0.05) is 6.07 Å². The van der Waals surface area contributed by atoms with Gasteiger partial charge in [0.15, 0.2) is 0 Å². The maximum Gasteiger partial charge on any atom is 0.410 e. The van der Waals surface area contributed by atoms with Gasteiger partial charge in [-0.15, -0.1) is 0 Å². The lowest BCUT2D eigenvalue weighted by atomic mass is 10.0. The third-order valence-corrected chi connectivity index (χ3v) is 4.93. The quantitative estimate of drug-likeness (QED) is 0.731. The van der Waals surface area contributed by atoms with Crippen molar-refractivity contribution in [2.75, 3.05) is 20.2 Å². The van der Waals surface area contributed by atoms with Crippen molar-refractivity contribution < 1.29 is 28.7 Å². The summed E-state index contributed by atoms with van der Waals surface area (Å²) in [7, 11) is 1.63. The number of benzene rings is 1. The molecule has 0 radical (unpaired) electrons. The van der Waals surface area contributed by atoms with E-state index in [0.29, 0.717) is 29.8 Å². The zero-order chi connectivity index (χ0) is 22.1. The lowest BCUT2D eigenvalue weighted by Gasteiger charge is -2.29. The van der Waals surface area contributed by atoms with Gasteiger partial charge >= 0.3 is 6.09 Å². The number of amides is 4. The molecular formula is C21H27N3O6. The number of carbonyl (C=O) groups is 4. The molecule has 162 valence electrons. The largest absolute Gasteiger partial charge is 0.491 e. The summed E-state index contributed by atoms with van der Waals surface area (Å²) < 4.78 is 11.2. The number of ether oxygens (including phenoxy) is 2. The van der Waals surface area contributed by atoms with E-state index in [1.54, 1.807) is 46.0 Å². The smallest absolute Gasteiger partial charge is 0.410 e. The summed E-state index contributed by atoms with van der Waals surface area (Å²) in [6.45, 7) is 6.16. The van der Waals surface area contributed by atoms with Gasteiger partial charge in [0.25, 0.3) is 5.91 Å². The second-order valence-corrected chi connectivity index (χ2v) is 8.43. The molecule has 1 unspecified atom stereocenters. The first-order chi connectivity index (χ1) is 14.1. The van der Waals surface area contributed by atoms with Crippen LogP contribution in [0.1, 0.15) is 49.5 Å². The number of hydrogen-bond donors (Lipinski definition) is 1. The van der Waals surface area contributed by atoms with Crippen LogP contribution in [0, 0.1) is 0 Å². The fourth-order valence-corrected chi connectivity index (χ4v) is 3.42. The summed E-state index contributed by atoms with van der Waals surface area (Å²) in [5.41, 5.74) is 0.608. The molecule has 2 aliphatic rings. The molecule has 0 bridgehead atoms. The molecule has 1 fully saturated rings. The predicted octanol–water partition coefficient (Wildman–Crippen LogP) is 1.69. The van der Waals surface area contributed by atoms with E-state index < -0.39 is 23.6 Å². The number of carbonyl (C=O) groups excluding carboxylic acids is 4. The van der Waals surface area contributed by atoms with E-state index in [4.69, 9.17) is 9.47 Å². The molecule has 9 heteroatoms. The van der Waals surface area contributed by atoms with Crippen molar-refractivity contribution >= 4 is 23.8 Å². The Bertz CT molecular complexity index is 876. The Hall–Kier alpha value is -3.10. The van der Waals surface area contributed by atoms with Gasteiger partial charge in [-0.25, -0.2) is 4.79 Å². The minimum absolute atomic E-state index is 0.205. The van der Waals surface area contributed by atoms with E-state index in [0.717, 1.165) is 0 Å². The Kier molecular flexibility index (Phi) is 6.00. The lowest BCUT2D eigenvalue weighted by Crippen LogP contribution is -2.52. The van der Waals surface area contributed by atoms with Crippen molar-refractivity contribution in [3.63, 3.8) is 0 Å². The number of hydrogen-bond acceptors (Lipinski definition) is 6. The molecule has 0 spiro atoms. The highest BCUT2D eigenvalue weighted by Gasteiger charge is 2.40. The molecule has 2 heterocycles. The third-order valence-electron chi connectivity index (χ3n) is 4.93. The van der Waals surface area contributed by atoms with E-state index in [-0.39, 0.29) is 31.4 Å². The van der Waals surface area contributed by atoms with Gasteiger partial charge in [-0.2, -0.15) is 0 Å². The molecule has 9 nitrogen and oxygen atoms in total. The number of imide groups is 1. The average molecular weight is 417 g/mol. The van der Waals surface area contributed by atoms with E-state index in [1.807, 2.05) is 0 Å². The average Bonchev–Trinajstić information content (AvgIpc) is 2.98. The van der Waals surface area contributed by atoms with Crippen LogP contribution in [0.5, 0.6) is 5.75 Å². The number of likely N-dealkylation sites (N-methyl/N-ethyl adjacent to an activating group) is 1. The molecule has 0 saturated carbocycles. The highest BCUT2D eigenvalue weighted by atomic mass is 16.6. The number of rotatable bonds is 5. The number of piperidine rings is 1. The molecule has 2 aliphatic heterocycles. The van der Waals surface area contributed by atoms with Gasteiger partial charge in [-0.3, -0.25) is 19.7 Å². The number of nitrogens with zero attached hydrogens (tertiary/aromatic N) is 2. The Labute approximate surface area is 175 Å². The second kappa shape index (κ2) is 8.33. The summed E-state index contributed by atoms with van der Waals surface area (Å²) in [4.78, 5) is 51.3. The van der Waals surface area contributed by atoms with Crippen LogP contribution in [-0.2, 0) is 20.9 Å². The van der Waals surface area contributed by atoms with Crippen LogP contribution in [0.25, 0.3) is 0 Å². The fraction of sp³-hybridized carbons (Fsp3) is 0.524. The molecule has 1 N–H and O–H groups in total. The highest BCUT2D eigenvalue weighted by Crippen LogP contribution is 2.33. The standard InChI is InChI=1S/C21H27N3O6/c1-21(2,3)30-20(28)23(4)10-11-29-16-7-5-6-13-14(16)12-24(19(13)27)15-8-9-17(25)22-18(15)26/h5-7,15H,8-12H2,1-4H3,(H,22,25,26). The topological polar surface area (TPSA) is 105 Å². The summed E-state index contributed by atoms with van der Waals surface area (Å²) in [6, 6.07) is 4.50. The van der Waals surface area contributed by atoms with Gasteiger partial charge in [0.05, 0.1) is 13.1 Å². The Balaban J connectivity index is 1.63. The molecule has 1 saturated heterocycles. The Morgan fingerprint density at radius 2 is 2.00 bits per heavy atom. The lowest BCUT2D eigenvalue weighted by molar-refractivity contribution is -0.136. The van der Waals surface area contributed by atoms with Crippen molar-refractivity contribution in [1.29, 1.82) is 0 Å². The molecular weight excluding hydrogens is 390 g/mol. The predicted molar refractivity (Wildman–Crippen MR) is 107 cm³/mol. The van der Waals surface area contributed by atoms with Gasteiger partial charge in [0.2, 0.25) is 11.8 Å². The summed E-state index contributed by atoms with van der Waals surface area (Å²) >= 11 is 0. The van der Waals surface area contributed by atoms with Crippen LogP contribution >= 0.6 is 0 Å². The van der Waals surface area contributed by atoms with Gasteiger partial charge in [-0.05, 0) is 39.3 Å². The SMILES string of the molecule is CN(CCOc1cccc2c1CN(C1CCC(=O)NC1=O)C2=O)C(=O)OC(C)(C)C. The van der Waals surface area contributed by atoms with Crippen molar-refractivity contribution in [3.8, 4) is 5.75 Å². The molecule has 0 aliphatic carbocycles. The van der Waals surface area contributed by atoms with E-state index in [1.165, 1.54) is 9.80 Å². The van der Waals surface area contributed by atoms with E-state index in [9.17, 15) is 19.2 Å². The van der Waals surface area contributed by atoms with E-state index >= 15 is 0 Å². The molecule has 3 rings (SSSR count). The van der Waals surface area contributed by atoms with Crippen molar-refractivity contribution in [3.05, 3.63) is 29.3 Å². The monoisotopic (exact) mass is 417 g/mol. The number of fused-ring (bicyclic) bond motifs is 1. The Morgan fingerprint density at radius 3 is 2.67 bits per heavy atom. The molecule has 1 atom stereocenters. The van der Waals surface area contributed by atoms with Gasteiger partial charge in [0, 0.05) is 24.6 Å². The maximum absolute atomic E-state index is 12.8. The van der Waals surface area contributed by atoms with Gasteiger partial charge < -0.3 is 19.3 Å². The fourth-order valence-electron chi connectivity index (χ4n) is 3.42. The zero-order valence-electron chi connectivity index (χ0n) is 17.7. The zero-order valence-corrected chi connectivity index (χ0v) is 17.7. The highest BCUT2D eigenvalue weighted by molar-refractivity contribution is 6.05. The summed E-state index contributed by atoms with van der Waals surface area (Å²) in [5.74, 6) is -0.489. The number of nitrogens with one attached hydrogen (secondary N) is 1. The minimum Gasteiger partial charge on any atom is -0.491 e. The second-order valence-electron chi connectivity index (χ2n) is 8.43. The molecule has 4 amide bonds. The summed E-state index contributed by atoms with van der Waals surface area (Å²) in [5, 5.41) is 2.29. The summed E-state index contributed by atoms with van der Waals surface area (Å²) in [6.07, 6.45) is 0.0710. The van der Waals surface area contributed by atoms with Crippen LogP contribution in [0.3, 0.4) is 0 Å². The van der Waals surface area contributed by atoms with Crippen LogP contribution < -0.4 is 10.1 Å². The first-order valence-electron chi connectivity index (χ1n) is 9.90. The van der Waals surface area contributed by atoms with Crippen LogP contribution in [0.15, 0.2) is 18.2 Å². The molecule has 30 heavy (non-hydrogen) atoms. The molecule has 0 aromatic heterocycles. The van der Waals surface area contributed by atoms with Crippen molar-refractivity contribution in [1.82, 2.24) is 15.1 Å². The van der Waals surface area contributed by atoms with Crippen molar-refractivity contribution in [2.24, 2.45) is 0 Å². The van der Waals surface area contributed by atoms with Gasteiger partial charge in [0.1, 0.15) is 24.0 Å².